The van der Waals surface area contributed by atoms with Gasteiger partial charge in [0.2, 0.25) is 0 Å². The molecule has 1 unspecified atom stereocenters. The minimum absolute atomic E-state index is 0.245. The number of nitrogens with one attached hydrogen (secondary N) is 1. The molecule has 1 saturated heterocycles. The summed E-state index contributed by atoms with van der Waals surface area (Å²) in [6.45, 7) is 6.31. The highest BCUT2D eigenvalue weighted by Gasteiger charge is 2.52. The Hall–Kier alpha value is -3.67. The fraction of sp³-hybridized carbons (Fsp3) is 0.269. The van der Waals surface area contributed by atoms with Crippen LogP contribution in [0.4, 0.5) is 4.79 Å². The predicted octanol–water partition coefficient (Wildman–Crippen LogP) is 4.00. The number of hydrogen-bond donors (Lipinski definition) is 1. The summed E-state index contributed by atoms with van der Waals surface area (Å²) >= 11 is 0. The summed E-state index contributed by atoms with van der Waals surface area (Å²) in [6, 6.07) is 20.1. The standard InChI is InChI=1S/C26H27N3O3/c1-4-28-18(2)15-22(19(28)3)23(30)17-29-24(31)26(27-25(29)32,21-13-9-6-10-14-21)16-20-11-7-5-8-12-20/h5-15H,4,16-17H2,1-3H3,(H,27,32). The molecule has 164 valence electrons. The van der Waals surface area contributed by atoms with Crippen LogP contribution in [0.2, 0.25) is 0 Å². The van der Waals surface area contributed by atoms with Gasteiger partial charge in [-0.25, -0.2) is 4.79 Å². The normalized spacial score (nSPS) is 18.2. The molecule has 1 aliphatic rings. The Morgan fingerprint density at radius 3 is 2.19 bits per heavy atom. The molecule has 0 radical (unpaired) electrons. The van der Waals surface area contributed by atoms with E-state index in [4.69, 9.17) is 0 Å². The molecule has 2 aromatic carbocycles. The highest BCUT2D eigenvalue weighted by atomic mass is 16.2. The number of rotatable bonds is 7. The lowest BCUT2D eigenvalue weighted by Crippen LogP contribution is -2.46. The number of aromatic nitrogens is 1. The molecule has 0 bridgehead atoms. The van der Waals surface area contributed by atoms with Gasteiger partial charge in [-0.3, -0.25) is 14.5 Å². The predicted molar refractivity (Wildman–Crippen MR) is 122 cm³/mol. The molecule has 3 amide bonds. The molecular formula is C26H27N3O3. The molecular weight excluding hydrogens is 402 g/mol. The van der Waals surface area contributed by atoms with Crippen molar-refractivity contribution in [3.63, 3.8) is 0 Å². The monoisotopic (exact) mass is 429 g/mol. The van der Waals surface area contributed by atoms with E-state index in [0.29, 0.717) is 17.5 Å². The molecule has 1 aliphatic heterocycles. The van der Waals surface area contributed by atoms with E-state index in [-0.39, 0.29) is 12.3 Å². The molecule has 4 rings (SSSR count). The van der Waals surface area contributed by atoms with Crippen molar-refractivity contribution in [1.82, 2.24) is 14.8 Å². The minimum atomic E-state index is -1.25. The second kappa shape index (κ2) is 8.46. The van der Waals surface area contributed by atoms with Gasteiger partial charge >= 0.3 is 6.03 Å². The first-order chi connectivity index (χ1) is 15.4. The average Bonchev–Trinajstić information content (AvgIpc) is 3.22. The van der Waals surface area contributed by atoms with Gasteiger partial charge in [0.1, 0.15) is 0 Å². The minimum Gasteiger partial charge on any atom is -0.349 e. The number of nitrogens with zero attached hydrogens (tertiary/aromatic N) is 2. The van der Waals surface area contributed by atoms with E-state index in [0.717, 1.165) is 28.4 Å². The fourth-order valence-corrected chi connectivity index (χ4v) is 4.61. The summed E-state index contributed by atoms with van der Waals surface area (Å²) in [6.07, 6.45) is 0.303. The van der Waals surface area contributed by atoms with Gasteiger partial charge in [0.25, 0.3) is 5.91 Å². The number of hydrogen-bond acceptors (Lipinski definition) is 3. The molecule has 1 atom stereocenters. The molecule has 0 saturated carbocycles. The van der Waals surface area contributed by atoms with Crippen LogP contribution >= 0.6 is 0 Å². The van der Waals surface area contributed by atoms with Crippen molar-refractivity contribution in [1.29, 1.82) is 0 Å². The third-order valence-corrected chi connectivity index (χ3v) is 6.25. The fourth-order valence-electron chi connectivity index (χ4n) is 4.61. The Morgan fingerprint density at radius 1 is 0.969 bits per heavy atom. The third-order valence-electron chi connectivity index (χ3n) is 6.25. The molecule has 1 N–H and O–H groups in total. The van der Waals surface area contributed by atoms with Gasteiger partial charge in [-0.05, 0) is 38.0 Å². The Kier molecular flexibility index (Phi) is 5.70. The van der Waals surface area contributed by atoms with E-state index < -0.39 is 17.5 Å². The molecule has 0 aliphatic carbocycles. The summed E-state index contributed by atoms with van der Waals surface area (Å²) in [7, 11) is 0. The van der Waals surface area contributed by atoms with Crippen molar-refractivity contribution in [3.05, 3.63) is 94.8 Å². The van der Waals surface area contributed by atoms with Crippen molar-refractivity contribution >= 4 is 17.7 Å². The summed E-state index contributed by atoms with van der Waals surface area (Å²) in [5.41, 5.74) is 2.74. The molecule has 32 heavy (non-hydrogen) atoms. The topological polar surface area (TPSA) is 71.4 Å². The molecule has 1 fully saturated rings. The Morgan fingerprint density at radius 2 is 1.59 bits per heavy atom. The quantitative estimate of drug-likeness (QED) is 0.456. The molecule has 6 heteroatoms. The van der Waals surface area contributed by atoms with Gasteiger partial charge in [-0.15, -0.1) is 0 Å². The van der Waals surface area contributed by atoms with Crippen LogP contribution in [0, 0.1) is 13.8 Å². The SMILES string of the molecule is CCn1c(C)cc(C(=O)CN2C(=O)NC(Cc3ccccc3)(c3ccccc3)C2=O)c1C. The number of amides is 3. The second-order valence-electron chi connectivity index (χ2n) is 8.21. The number of carbonyl (C=O) groups excluding carboxylic acids is 3. The lowest BCUT2D eigenvalue weighted by Gasteiger charge is -2.27. The maximum atomic E-state index is 13.7. The summed E-state index contributed by atoms with van der Waals surface area (Å²) in [4.78, 5) is 40.9. The van der Waals surface area contributed by atoms with Gasteiger partial charge in [0, 0.05) is 29.9 Å². The van der Waals surface area contributed by atoms with E-state index in [9.17, 15) is 14.4 Å². The molecule has 2 heterocycles. The molecule has 3 aromatic rings. The summed E-state index contributed by atoms with van der Waals surface area (Å²) in [5.74, 6) is -0.653. The lowest BCUT2D eigenvalue weighted by molar-refractivity contribution is -0.131. The van der Waals surface area contributed by atoms with Gasteiger partial charge in [-0.2, -0.15) is 0 Å². The lowest BCUT2D eigenvalue weighted by atomic mass is 9.83. The van der Waals surface area contributed by atoms with Crippen molar-refractivity contribution in [2.75, 3.05) is 6.54 Å². The van der Waals surface area contributed by atoms with Crippen molar-refractivity contribution in [3.8, 4) is 0 Å². The number of Topliss-reactive ketones (excluding diaryl/α,β-unsaturated/α-hetero) is 1. The van der Waals surface area contributed by atoms with Gasteiger partial charge in [-0.1, -0.05) is 60.7 Å². The highest BCUT2D eigenvalue weighted by molar-refractivity contribution is 6.11. The van der Waals surface area contributed by atoms with E-state index in [1.54, 1.807) is 0 Å². The van der Waals surface area contributed by atoms with Crippen LogP contribution in [0.15, 0.2) is 66.7 Å². The highest BCUT2D eigenvalue weighted by Crippen LogP contribution is 2.33. The van der Waals surface area contributed by atoms with Crippen LogP contribution in [-0.4, -0.2) is 33.7 Å². The average molecular weight is 430 g/mol. The van der Waals surface area contributed by atoms with Crippen LogP contribution in [0.25, 0.3) is 0 Å². The Labute approximate surface area is 187 Å². The van der Waals surface area contributed by atoms with Crippen molar-refractivity contribution in [2.24, 2.45) is 0 Å². The van der Waals surface area contributed by atoms with Crippen molar-refractivity contribution < 1.29 is 14.4 Å². The van der Waals surface area contributed by atoms with E-state index >= 15 is 0 Å². The van der Waals surface area contributed by atoms with Crippen LogP contribution in [0.5, 0.6) is 0 Å². The number of benzene rings is 2. The number of ketones is 1. The first kappa shape index (κ1) is 21.6. The zero-order valence-corrected chi connectivity index (χ0v) is 18.6. The van der Waals surface area contributed by atoms with Gasteiger partial charge in [0.15, 0.2) is 11.3 Å². The second-order valence-corrected chi connectivity index (χ2v) is 8.21. The third kappa shape index (κ3) is 3.62. The van der Waals surface area contributed by atoms with E-state index in [1.165, 1.54) is 0 Å². The molecule has 1 aromatic heterocycles. The van der Waals surface area contributed by atoms with Gasteiger partial charge < -0.3 is 9.88 Å². The number of urea groups is 1. The molecule has 6 nitrogen and oxygen atoms in total. The number of imide groups is 1. The first-order valence-electron chi connectivity index (χ1n) is 10.8. The first-order valence-corrected chi connectivity index (χ1v) is 10.8. The smallest absolute Gasteiger partial charge is 0.325 e. The van der Waals surface area contributed by atoms with Crippen molar-refractivity contribution in [2.45, 2.75) is 39.3 Å². The van der Waals surface area contributed by atoms with Crippen LogP contribution in [0.3, 0.4) is 0 Å². The molecule has 0 spiro atoms. The maximum absolute atomic E-state index is 13.7. The van der Waals surface area contributed by atoms with Crippen LogP contribution in [-0.2, 0) is 23.3 Å². The Balaban J connectivity index is 1.68. The largest absolute Gasteiger partial charge is 0.349 e. The van der Waals surface area contributed by atoms with Gasteiger partial charge in [0.05, 0.1) is 6.54 Å². The van der Waals surface area contributed by atoms with E-state index in [2.05, 4.69) is 5.32 Å². The number of aryl methyl sites for hydroxylation is 1. The zero-order valence-electron chi connectivity index (χ0n) is 18.6. The Bertz CT molecular complexity index is 1170. The van der Waals surface area contributed by atoms with Crippen LogP contribution < -0.4 is 5.32 Å². The summed E-state index contributed by atoms with van der Waals surface area (Å²) in [5, 5.41) is 2.91. The van der Waals surface area contributed by atoms with E-state index in [1.807, 2.05) is 92.1 Å². The number of carbonyl (C=O) groups is 3. The summed E-state index contributed by atoms with van der Waals surface area (Å²) < 4.78 is 2.04. The maximum Gasteiger partial charge on any atom is 0.325 e. The zero-order chi connectivity index (χ0) is 22.9. The van der Waals surface area contributed by atoms with Crippen LogP contribution in [0.1, 0.15) is 39.8 Å².